The first kappa shape index (κ1) is 26.6. The summed E-state index contributed by atoms with van der Waals surface area (Å²) < 4.78 is 11.0. The number of thiophene rings is 1. The monoisotopic (exact) mass is 645 g/mol. The van der Waals surface area contributed by atoms with E-state index in [1.807, 2.05) is 24.4 Å². The van der Waals surface area contributed by atoms with Crippen molar-refractivity contribution in [1.82, 2.24) is 24.5 Å². The highest BCUT2D eigenvalue weighted by molar-refractivity contribution is 7.26. The zero-order valence-electron chi connectivity index (χ0n) is 25.8. The van der Waals surface area contributed by atoms with Crippen molar-refractivity contribution in [3.05, 3.63) is 140 Å². The van der Waals surface area contributed by atoms with Crippen molar-refractivity contribution >= 4 is 86.0 Å². The van der Waals surface area contributed by atoms with Crippen molar-refractivity contribution in [1.29, 1.82) is 0 Å². The topological polar surface area (TPSA) is 69.6 Å². The van der Waals surface area contributed by atoms with Crippen LogP contribution in [-0.2, 0) is 0 Å². The summed E-state index contributed by atoms with van der Waals surface area (Å²) in [7, 11) is 0. The number of hydrogen-bond donors (Lipinski definition) is 0. The lowest BCUT2D eigenvalue weighted by Gasteiger charge is -2.11. The fourth-order valence-electron chi connectivity index (χ4n) is 7.40. The molecule has 0 aliphatic carbocycles. The number of aromatic nitrogens is 5. The van der Waals surface area contributed by atoms with Gasteiger partial charge < -0.3 is 4.42 Å². The van der Waals surface area contributed by atoms with Crippen LogP contribution < -0.4 is 0 Å². The third-order valence-electron chi connectivity index (χ3n) is 9.57. The number of furan rings is 1. The number of pyridine rings is 1. The molecule has 0 saturated carbocycles. The van der Waals surface area contributed by atoms with Crippen molar-refractivity contribution in [3.8, 4) is 28.7 Å². The Morgan fingerprint density at radius 2 is 1.27 bits per heavy atom. The molecule has 0 unspecified atom stereocenters. The Morgan fingerprint density at radius 1 is 0.531 bits per heavy atom. The fraction of sp³-hybridized carbons (Fsp3) is 0. The van der Waals surface area contributed by atoms with Crippen molar-refractivity contribution < 1.29 is 4.42 Å². The summed E-state index contributed by atoms with van der Waals surface area (Å²) in [6, 6.07) is 44.3. The highest BCUT2D eigenvalue weighted by Crippen LogP contribution is 2.41. The van der Waals surface area contributed by atoms with E-state index >= 15 is 0 Å². The summed E-state index contributed by atoms with van der Waals surface area (Å²) >= 11 is 1.77. The first-order valence-electron chi connectivity index (χ1n) is 16.1. The second-order valence-electron chi connectivity index (χ2n) is 12.3. The second kappa shape index (κ2) is 10.0. The van der Waals surface area contributed by atoms with Gasteiger partial charge in [-0.05, 0) is 47.2 Å². The molecule has 0 aliphatic heterocycles. The van der Waals surface area contributed by atoms with E-state index in [-0.39, 0.29) is 0 Å². The minimum atomic E-state index is 0.544. The molecule has 5 aromatic heterocycles. The maximum absolute atomic E-state index is 6.47. The molecule has 0 bridgehead atoms. The normalized spacial score (nSPS) is 12.1. The standard InChI is InChI=1S/C42H23N5OS/c1-2-10-25-24(9-1)19-20-34-37(25)29-12-3-5-17-33(29)47(34)42-45-40(30-15-7-13-27-32-23-43-22-21-35(32)48-38(27)30)44-41(46-42)31-16-8-14-28-26-11-4-6-18-36(26)49-39(28)31/h1-23H. The molecule has 0 radical (unpaired) electrons. The van der Waals surface area contributed by atoms with Crippen LogP contribution in [0.25, 0.3) is 103 Å². The van der Waals surface area contributed by atoms with Gasteiger partial charge in [0.2, 0.25) is 5.95 Å². The van der Waals surface area contributed by atoms with Gasteiger partial charge in [0, 0.05) is 59.7 Å². The lowest BCUT2D eigenvalue weighted by atomic mass is 10.0. The lowest BCUT2D eigenvalue weighted by Crippen LogP contribution is -2.06. The summed E-state index contributed by atoms with van der Waals surface area (Å²) in [6.45, 7) is 0. The zero-order chi connectivity index (χ0) is 32.1. The van der Waals surface area contributed by atoms with Gasteiger partial charge in [0.05, 0.1) is 16.6 Å². The molecular formula is C42H23N5OS. The Kier molecular flexibility index (Phi) is 5.45. The van der Waals surface area contributed by atoms with Crippen LogP contribution in [0.3, 0.4) is 0 Å². The van der Waals surface area contributed by atoms with Crippen molar-refractivity contribution in [2.75, 3.05) is 0 Å². The molecular weight excluding hydrogens is 623 g/mol. The van der Waals surface area contributed by atoms with Crippen LogP contribution >= 0.6 is 11.3 Å². The van der Waals surface area contributed by atoms with Crippen molar-refractivity contribution in [2.45, 2.75) is 0 Å². The Balaban J connectivity index is 1.27. The Labute approximate surface area is 282 Å². The predicted octanol–water partition coefficient (Wildman–Crippen LogP) is 11.1. The summed E-state index contributed by atoms with van der Waals surface area (Å²) in [4.78, 5) is 20.2. The SMILES string of the molecule is c1ccc2c(c1)ccc1c2c2ccccc2n1-c1nc(-c2cccc3c2oc2ccncc23)nc(-c2cccc3c2sc2ccccc23)n1. The van der Waals surface area contributed by atoms with Gasteiger partial charge in [-0.25, -0.2) is 4.98 Å². The first-order valence-corrected chi connectivity index (χ1v) is 17.0. The van der Waals surface area contributed by atoms with E-state index in [0.717, 1.165) is 54.2 Å². The highest BCUT2D eigenvalue weighted by atomic mass is 32.1. The van der Waals surface area contributed by atoms with Crippen LogP contribution in [-0.4, -0.2) is 24.5 Å². The molecule has 228 valence electrons. The van der Waals surface area contributed by atoms with E-state index in [1.165, 1.54) is 31.6 Å². The fourth-order valence-corrected chi connectivity index (χ4v) is 8.61. The molecule has 0 saturated heterocycles. The smallest absolute Gasteiger partial charge is 0.238 e. The van der Waals surface area contributed by atoms with Crippen molar-refractivity contribution in [2.24, 2.45) is 0 Å². The first-order chi connectivity index (χ1) is 24.3. The Bertz CT molecular complexity index is 3000. The van der Waals surface area contributed by atoms with Gasteiger partial charge >= 0.3 is 0 Å². The number of para-hydroxylation sites is 2. The summed E-state index contributed by atoms with van der Waals surface area (Å²) in [5, 5.41) is 9.06. The number of rotatable bonds is 3. The molecule has 7 heteroatoms. The molecule has 11 aromatic rings. The van der Waals surface area contributed by atoms with Gasteiger partial charge in [-0.3, -0.25) is 9.55 Å². The maximum atomic E-state index is 6.47. The average Bonchev–Trinajstić information content (AvgIpc) is 3.84. The van der Waals surface area contributed by atoms with Gasteiger partial charge in [-0.1, -0.05) is 91.0 Å². The van der Waals surface area contributed by atoms with Crippen LogP contribution in [0.15, 0.2) is 144 Å². The van der Waals surface area contributed by atoms with Crippen molar-refractivity contribution in [3.63, 3.8) is 0 Å². The van der Waals surface area contributed by atoms with Gasteiger partial charge in [0.1, 0.15) is 11.2 Å². The van der Waals surface area contributed by atoms with Crippen LogP contribution in [0.1, 0.15) is 0 Å². The van der Waals surface area contributed by atoms with Gasteiger partial charge in [-0.15, -0.1) is 11.3 Å². The molecule has 5 heterocycles. The molecule has 6 aromatic carbocycles. The minimum absolute atomic E-state index is 0.544. The number of nitrogens with zero attached hydrogens (tertiary/aromatic N) is 5. The van der Waals surface area contributed by atoms with E-state index < -0.39 is 0 Å². The third-order valence-corrected chi connectivity index (χ3v) is 10.8. The number of benzene rings is 6. The van der Waals surface area contributed by atoms with E-state index in [9.17, 15) is 0 Å². The van der Waals surface area contributed by atoms with Crippen LogP contribution in [0.2, 0.25) is 0 Å². The number of hydrogen-bond acceptors (Lipinski definition) is 6. The molecule has 49 heavy (non-hydrogen) atoms. The molecule has 0 aliphatic rings. The molecule has 0 amide bonds. The highest BCUT2D eigenvalue weighted by Gasteiger charge is 2.22. The van der Waals surface area contributed by atoms with E-state index in [0.29, 0.717) is 17.6 Å². The van der Waals surface area contributed by atoms with Crippen LogP contribution in [0.5, 0.6) is 0 Å². The summed E-state index contributed by atoms with van der Waals surface area (Å²) in [5.41, 5.74) is 5.34. The van der Waals surface area contributed by atoms with Gasteiger partial charge in [-0.2, -0.15) is 9.97 Å². The van der Waals surface area contributed by atoms with Crippen LogP contribution in [0, 0.1) is 0 Å². The van der Waals surface area contributed by atoms with Gasteiger partial charge in [0.25, 0.3) is 0 Å². The summed E-state index contributed by atoms with van der Waals surface area (Å²) in [6.07, 6.45) is 3.60. The zero-order valence-corrected chi connectivity index (χ0v) is 26.6. The van der Waals surface area contributed by atoms with E-state index in [4.69, 9.17) is 19.4 Å². The summed E-state index contributed by atoms with van der Waals surface area (Å²) in [5.74, 6) is 1.70. The molecule has 0 spiro atoms. The quantitative estimate of drug-likeness (QED) is 0.191. The molecule has 0 fully saturated rings. The average molecular weight is 646 g/mol. The van der Waals surface area contributed by atoms with Crippen LogP contribution in [0.4, 0.5) is 0 Å². The molecule has 0 atom stereocenters. The maximum Gasteiger partial charge on any atom is 0.238 e. The Morgan fingerprint density at radius 3 is 2.18 bits per heavy atom. The third kappa shape index (κ3) is 3.82. The Hall–Kier alpha value is -6.44. The number of fused-ring (bicyclic) bond motifs is 11. The second-order valence-corrected chi connectivity index (χ2v) is 13.3. The lowest BCUT2D eigenvalue weighted by molar-refractivity contribution is 0.669. The van der Waals surface area contributed by atoms with E-state index in [2.05, 4.69) is 119 Å². The predicted molar refractivity (Wildman–Crippen MR) is 201 cm³/mol. The van der Waals surface area contributed by atoms with Gasteiger partial charge in [0.15, 0.2) is 11.6 Å². The minimum Gasteiger partial charge on any atom is -0.455 e. The largest absolute Gasteiger partial charge is 0.455 e. The van der Waals surface area contributed by atoms with E-state index in [1.54, 1.807) is 17.5 Å². The molecule has 6 nitrogen and oxygen atoms in total. The molecule has 11 rings (SSSR count). The molecule has 0 N–H and O–H groups in total.